The van der Waals surface area contributed by atoms with Crippen LogP contribution in [0.4, 0.5) is 0 Å². The molecule has 1 aliphatic carbocycles. The molecule has 2 heterocycles. The van der Waals surface area contributed by atoms with Gasteiger partial charge in [-0.1, -0.05) is 68.4 Å². The van der Waals surface area contributed by atoms with Gasteiger partial charge in [-0.25, -0.2) is 0 Å². The van der Waals surface area contributed by atoms with Crippen LogP contribution in [0.5, 0.6) is 11.5 Å². The van der Waals surface area contributed by atoms with Crippen molar-refractivity contribution < 1.29 is 9.47 Å². The van der Waals surface area contributed by atoms with Crippen LogP contribution in [0, 0.1) is 13.8 Å². The lowest BCUT2D eigenvalue weighted by atomic mass is 9.48. The average Bonchev–Trinajstić information content (AvgIpc) is 3.07. The van der Waals surface area contributed by atoms with E-state index in [1.165, 1.54) is 27.8 Å². The third kappa shape index (κ3) is 4.71. The second-order valence-corrected chi connectivity index (χ2v) is 11.8. The van der Waals surface area contributed by atoms with Crippen molar-refractivity contribution in [1.29, 1.82) is 0 Å². The zero-order valence-electron chi connectivity index (χ0n) is 26.3. The third-order valence-corrected chi connectivity index (χ3v) is 9.64. The fourth-order valence-corrected chi connectivity index (χ4v) is 6.81. The lowest BCUT2D eigenvalue weighted by molar-refractivity contribution is 0.403. The van der Waals surface area contributed by atoms with Crippen LogP contribution in [0.25, 0.3) is 16.7 Å². The predicted molar refractivity (Wildman–Crippen MR) is 180 cm³/mol. The molecule has 44 heavy (non-hydrogen) atoms. The molecule has 2 atom stereocenters. The Balaban J connectivity index is 1.80. The lowest BCUT2D eigenvalue weighted by Crippen LogP contribution is -2.49. The van der Waals surface area contributed by atoms with Gasteiger partial charge in [0.05, 0.1) is 19.9 Å². The standard InChI is InChI=1S/C40H38N2O2/c1-27-12-15-32(24-28(27)2)40(4)38(30-10-9-22-41-26-30)35(29-13-18-33(43-5)19-14-29)25-36(37-11-7-8-23-42-37)39(40,3)31-16-20-34(44-6)21-17-31/h7-26H,1-6H3. The number of aromatic nitrogens is 2. The third-order valence-electron chi connectivity index (χ3n) is 9.64. The number of nitrogens with zero attached hydrogens (tertiary/aromatic N) is 2. The summed E-state index contributed by atoms with van der Waals surface area (Å²) in [6.07, 6.45) is 8.06. The van der Waals surface area contributed by atoms with Crippen LogP contribution in [-0.4, -0.2) is 24.2 Å². The molecular formula is C40H38N2O2. The molecule has 4 nitrogen and oxygen atoms in total. The minimum Gasteiger partial charge on any atom is -0.497 e. The molecule has 0 amide bonds. The Morgan fingerprint density at radius 1 is 0.614 bits per heavy atom. The van der Waals surface area contributed by atoms with Crippen molar-refractivity contribution in [2.45, 2.75) is 38.5 Å². The van der Waals surface area contributed by atoms with E-state index in [1.54, 1.807) is 14.2 Å². The summed E-state index contributed by atoms with van der Waals surface area (Å²) in [5.41, 5.74) is 10.4. The molecule has 4 heteroatoms. The summed E-state index contributed by atoms with van der Waals surface area (Å²) >= 11 is 0. The van der Waals surface area contributed by atoms with Crippen molar-refractivity contribution in [2.75, 3.05) is 14.2 Å². The summed E-state index contributed by atoms with van der Waals surface area (Å²) < 4.78 is 11.1. The normalized spacial score (nSPS) is 19.8. The summed E-state index contributed by atoms with van der Waals surface area (Å²) in [6, 6.07) is 34.2. The van der Waals surface area contributed by atoms with Crippen molar-refractivity contribution in [3.8, 4) is 11.5 Å². The second-order valence-electron chi connectivity index (χ2n) is 11.8. The van der Waals surface area contributed by atoms with Gasteiger partial charge in [-0.05, 0) is 112 Å². The van der Waals surface area contributed by atoms with Gasteiger partial charge in [0.15, 0.2) is 0 Å². The van der Waals surface area contributed by atoms with E-state index in [0.29, 0.717) is 0 Å². The highest BCUT2D eigenvalue weighted by Gasteiger charge is 2.55. The van der Waals surface area contributed by atoms with Gasteiger partial charge in [-0.2, -0.15) is 0 Å². The SMILES string of the molecule is COc1ccc(C2=C(c3cccnc3)C(C)(c3ccc(C)c(C)c3)C(C)(c3ccc(OC)cc3)C(c3ccccn3)=C2)cc1. The van der Waals surface area contributed by atoms with Gasteiger partial charge in [0, 0.05) is 29.4 Å². The minimum atomic E-state index is -0.569. The largest absolute Gasteiger partial charge is 0.497 e. The van der Waals surface area contributed by atoms with Crippen LogP contribution < -0.4 is 9.47 Å². The quantitative estimate of drug-likeness (QED) is 0.193. The van der Waals surface area contributed by atoms with E-state index in [-0.39, 0.29) is 0 Å². The van der Waals surface area contributed by atoms with Crippen molar-refractivity contribution in [3.63, 3.8) is 0 Å². The van der Waals surface area contributed by atoms with Gasteiger partial charge < -0.3 is 9.47 Å². The highest BCUT2D eigenvalue weighted by molar-refractivity contribution is 6.08. The molecule has 6 rings (SSSR count). The van der Waals surface area contributed by atoms with Gasteiger partial charge in [0.2, 0.25) is 0 Å². The monoisotopic (exact) mass is 578 g/mol. The molecule has 0 radical (unpaired) electrons. The number of hydrogen-bond donors (Lipinski definition) is 0. The Morgan fingerprint density at radius 2 is 1.30 bits per heavy atom. The zero-order chi connectivity index (χ0) is 30.9. The average molecular weight is 579 g/mol. The van der Waals surface area contributed by atoms with Crippen molar-refractivity contribution in [3.05, 3.63) is 161 Å². The maximum Gasteiger partial charge on any atom is 0.118 e. The van der Waals surface area contributed by atoms with Gasteiger partial charge in [0.1, 0.15) is 11.5 Å². The number of rotatable bonds is 7. The summed E-state index contributed by atoms with van der Waals surface area (Å²) in [5.74, 6) is 1.65. The first kappa shape index (κ1) is 29.1. The summed E-state index contributed by atoms with van der Waals surface area (Å²) in [7, 11) is 3.41. The smallest absolute Gasteiger partial charge is 0.118 e. The highest BCUT2D eigenvalue weighted by Crippen LogP contribution is 2.62. The molecule has 0 N–H and O–H groups in total. The van der Waals surface area contributed by atoms with Crippen LogP contribution in [0.1, 0.15) is 52.9 Å². The van der Waals surface area contributed by atoms with E-state index in [0.717, 1.165) is 39.5 Å². The molecular weight excluding hydrogens is 540 g/mol. The Hall–Kier alpha value is -4.96. The first-order valence-corrected chi connectivity index (χ1v) is 15.0. The zero-order valence-corrected chi connectivity index (χ0v) is 26.3. The van der Waals surface area contributed by atoms with Crippen LogP contribution in [0.3, 0.4) is 0 Å². The maximum atomic E-state index is 5.60. The number of aryl methyl sites for hydroxylation is 2. The Morgan fingerprint density at radius 3 is 1.89 bits per heavy atom. The predicted octanol–water partition coefficient (Wildman–Crippen LogP) is 9.03. The van der Waals surface area contributed by atoms with E-state index >= 15 is 0 Å². The van der Waals surface area contributed by atoms with Gasteiger partial charge >= 0.3 is 0 Å². The Labute approximate surface area is 260 Å². The number of methoxy groups -OCH3 is 2. The molecule has 2 unspecified atom stereocenters. The molecule has 0 bridgehead atoms. The molecule has 0 spiro atoms. The molecule has 0 saturated carbocycles. The number of ether oxygens (including phenoxy) is 2. The summed E-state index contributed by atoms with van der Waals surface area (Å²) in [5, 5.41) is 0. The Kier molecular flexibility index (Phi) is 7.69. The van der Waals surface area contributed by atoms with E-state index in [1.807, 2.05) is 42.9 Å². The molecule has 5 aromatic rings. The molecule has 220 valence electrons. The van der Waals surface area contributed by atoms with Crippen LogP contribution >= 0.6 is 0 Å². The number of allylic oxidation sites excluding steroid dienone is 4. The van der Waals surface area contributed by atoms with Crippen LogP contribution in [0.15, 0.2) is 122 Å². The van der Waals surface area contributed by atoms with Gasteiger partial charge in [-0.15, -0.1) is 0 Å². The topological polar surface area (TPSA) is 44.2 Å². The first-order valence-electron chi connectivity index (χ1n) is 15.0. The fraction of sp³-hybridized carbons (Fsp3) is 0.200. The number of pyridine rings is 2. The fourth-order valence-electron chi connectivity index (χ4n) is 6.81. The van der Waals surface area contributed by atoms with Crippen LogP contribution in [-0.2, 0) is 10.8 Å². The first-order chi connectivity index (χ1) is 21.3. The Bertz CT molecular complexity index is 1840. The summed E-state index contributed by atoms with van der Waals surface area (Å²) in [4.78, 5) is 9.58. The minimum absolute atomic E-state index is 0.559. The lowest BCUT2D eigenvalue weighted by Gasteiger charge is -2.53. The molecule has 1 aliphatic rings. The number of benzene rings is 3. The second kappa shape index (κ2) is 11.6. The van der Waals surface area contributed by atoms with E-state index in [2.05, 4.69) is 112 Å². The van der Waals surface area contributed by atoms with Crippen molar-refractivity contribution in [2.24, 2.45) is 0 Å². The number of hydrogen-bond acceptors (Lipinski definition) is 4. The van der Waals surface area contributed by atoms with Gasteiger partial charge in [0.25, 0.3) is 0 Å². The maximum absolute atomic E-state index is 5.60. The highest BCUT2D eigenvalue weighted by atomic mass is 16.5. The molecule has 0 aliphatic heterocycles. The molecule has 2 aromatic heterocycles. The van der Waals surface area contributed by atoms with E-state index in [9.17, 15) is 0 Å². The molecule has 0 fully saturated rings. The molecule has 0 saturated heterocycles. The summed E-state index contributed by atoms with van der Waals surface area (Å²) in [6.45, 7) is 9.13. The van der Waals surface area contributed by atoms with Crippen molar-refractivity contribution >= 4 is 16.7 Å². The molecule has 3 aromatic carbocycles. The van der Waals surface area contributed by atoms with E-state index in [4.69, 9.17) is 14.5 Å². The van der Waals surface area contributed by atoms with Crippen molar-refractivity contribution in [1.82, 2.24) is 9.97 Å². The van der Waals surface area contributed by atoms with Crippen LogP contribution in [0.2, 0.25) is 0 Å². The van der Waals surface area contributed by atoms with E-state index < -0.39 is 10.8 Å². The van der Waals surface area contributed by atoms with Gasteiger partial charge in [-0.3, -0.25) is 9.97 Å².